The molecule has 2 fully saturated rings. The Morgan fingerprint density at radius 1 is 0.943 bits per heavy atom. The lowest BCUT2D eigenvalue weighted by molar-refractivity contribution is 0.0542. The number of fused-ring (bicyclic) bond motifs is 2. The molecule has 2 aliphatic heterocycles. The van der Waals surface area contributed by atoms with E-state index in [1.54, 1.807) is 13.2 Å². The first-order chi connectivity index (χ1) is 17.0. The molecule has 1 spiro atoms. The second kappa shape index (κ2) is 8.18. The third-order valence-corrected chi connectivity index (χ3v) is 7.90. The minimum Gasteiger partial charge on any atom is -0.493 e. The highest BCUT2D eigenvalue weighted by Crippen LogP contribution is 2.41. The van der Waals surface area contributed by atoms with Crippen molar-refractivity contribution in [1.29, 1.82) is 0 Å². The molecule has 2 aromatic carbocycles. The van der Waals surface area contributed by atoms with E-state index in [-0.39, 0.29) is 17.2 Å². The maximum absolute atomic E-state index is 13.4. The van der Waals surface area contributed by atoms with Gasteiger partial charge in [0, 0.05) is 55.7 Å². The topological polar surface area (TPSA) is 67.9 Å². The van der Waals surface area contributed by atoms with Crippen LogP contribution in [-0.4, -0.2) is 59.5 Å². The number of benzene rings is 2. The third-order valence-electron chi connectivity index (χ3n) is 7.90. The van der Waals surface area contributed by atoms with Crippen LogP contribution in [0.5, 0.6) is 5.75 Å². The molecule has 7 nitrogen and oxygen atoms in total. The quantitative estimate of drug-likeness (QED) is 0.434. The Hall–Kier alpha value is -3.74. The molecule has 0 atom stereocenters. The van der Waals surface area contributed by atoms with E-state index < -0.39 is 0 Å². The Kier molecular flexibility index (Phi) is 5.09. The van der Waals surface area contributed by atoms with Crippen molar-refractivity contribution in [2.45, 2.75) is 19.3 Å². The average molecular weight is 472 g/mol. The largest absolute Gasteiger partial charge is 0.493 e. The van der Waals surface area contributed by atoms with Crippen molar-refractivity contribution in [2.24, 2.45) is 12.5 Å². The van der Waals surface area contributed by atoms with Crippen LogP contribution in [-0.2, 0) is 7.05 Å². The Morgan fingerprint density at radius 2 is 1.69 bits per heavy atom. The average Bonchev–Trinajstić information content (AvgIpc) is 3.60. The fourth-order valence-corrected chi connectivity index (χ4v) is 5.84. The highest BCUT2D eigenvalue weighted by molar-refractivity contribution is 6.07. The fourth-order valence-electron chi connectivity index (χ4n) is 5.84. The number of hydrogen-bond acceptors (Lipinski definition) is 4. The SMILES string of the molecule is COc1cccc2cc(C(=O)N3CCC4(CC3)CCN(C(=O)c3cn(C)c5ccccc35)C4)oc12. The number of para-hydroxylation sites is 2. The summed E-state index contributed by atoms with van der Waals surface area (Å²) >= 11 is 0. The lowest BCUT2D eigenvalue weighted by Crippen LogP contribution is -2.44. The molecule has 2 aliphatic rings. The van der Waals surface area contributed by atoms with E-state index in [2.05, 4.69) is 0 Å². The summed E-state index contributed by atoms with van der Waals surface area (Å²) < 4.78 is 13.3. The molecule has 0 bridgehead atoms. The Morgan fingerprint density at radius 3 is 2.46 bits per heavy atom. The third kappa shape index (κ3) is 3.57. The number of piperidine rings is 1. The predicted octanol–water partition coefficient (Wildman–Crippen LogP) is 4.70. The number of nitrogens with zero attached hydrogens (tertiary/aromatic N) is 3. The molecule has 0 radical (unpaired) electrons. The van der Waals surface area contributed by atoms with Gasteiger partial charge in [0.15, 0.2) is 17.1 Å². The maximum Gasteiger partial charge on any atom is 0.289 e. The Bertz CT molecular complexity index is 1440. The normalized spacial score (nSPS) is 17.5. The summed E-state index contributed by atoms with van der Waals surface area (Å²) in [7, 11) is 3.58. The zero-order chi connectivity index (χ0) is 24.2. The number of aromatic nitrogens is 1. The molecule has 35 heavy (non-hydrogen) atoms. The molecule has 2 amide bonds. The van der Waals surface area contributed by atoms with Crippen LogP contribution in [0.4, 0.5) is 0 Å². The fraction of sp³-hybridized carbons (Fsp3) is 0.357. The van der Waals surface area contributed by atoms with Gasteiger partial charge in [0.25, 0.3) is 11.8 Å². The van der Waals surface area contributed by atoms with E-state index >= 15 is 0 Å². The van der Waals surface area contributed by atoms with Crippen LogP contribution in [0.15, 0.2) is 59.1 Å². The first-order valence-corrected chi connectivity index (χ1v) is 12.2. The zero-order valence-corrected chi connectivity index (χ0v) is 20.1. The molecule has 0 unspecified atom stereocenters. The van der Waals surface area contributed by atoms with Gasteiger partial charge < -0.3 is 23.5 Å². The number of rotatable bonds is 3. The summed E-state index contributed by atoms with van der Waals surface area (Å²) in [6.45, 7) is 2.85. The number of amides is 2. The number of carbonyl (C=O) groups is 2. The highest BCUT2D eigenvalue weighted by atomic mass is 16.5. The van der Waals surface area contributed by atoms with Crippen LogP contribution >= 0.6 is 0 Å². The van der Waals surface area contributed by atoms with Gasteiger partial charge in [-0.1, -0.05) is 30.3 Å². The van der Waals surface area contributed by atoms with Gasteiger partial charge in [0.1, 0.15) is 0 Å². The van der Waals surface area contributed by atoms with Crippen molar-refractivity contribution in [1.82, 2.24) is 14.4 Å². The van der Waals surface area contributed by atoms with Crippen LogP contribution in [0.1, 0.15) is 40.2 Å². The van der Waals surface area contributed by atoms with Crippen molar-refractivity contribution in [2.75, 3.05) is 33.3 Å². The molecule has 2 aromatic heterocycles. The van der Waals surface area contributed by atoms with Gasteiger partial charge in [-0.15, -0.1) is 0 Å². The number of hydrogen-bond donors (Lipinski definition) is 0. The van der Waals surface area contributed by atoms with Crippen LogP contribution < -0.4 is 4.74 Å². The summed E-state index contributed by atoms with van der Waals surface area (Å²) in [5, 5.41) is 1.86. The molecule has 4 aromatic rings. The lowest BCUT2D eigenvalue weighted by atomic mass is 9.77. The minimum atomic E-state index is -0.0835. The van der Waals surface area contributed by atoms with Gasteiger partial charge in [0.05, 0.1) is 12.7 Å². The number of carbonyl (C=O) groups excluding carboxylic acids is 2. The number of furan rings is 1. The molecule has 6 rings (SSSR count). The highest BCUT2D eigenvalue weighted by Gasteiger charge is 2.43. The van der Waals surface area contributed by atoms with E-state index in [4.69, 9.17) is 9.15 Å². The van der Waals surface area contributed by atoms with Gasteiger partial charge >= 0.3 is 0 Å². The molecule has 4 heterocycles. The van der Waals surface area contributed by atoms with Crippen LogP contribution in [0, 0.1) is 5.41 Å². The molecule has 2 saturated heterocycles. The summed E-state index contributed by atoms with van der Waals surface area (Å²) in [5.74, 6) is 0.994. The van der Waals surface area contributed by atoms with Crippen molar-refractivity contribution < 1.29 is 18.7 Å². The number of aryl methyl sites for hydroxylation is 1. The summed E-state index contributed by atoms with van der Waals surface area (Å²) in [6.07, 6.45) is 4.71. The van der Waals surface area contributed by atoms with E-state index in [9.17, 15) is 9.59 Å². The molecule has 0 aliphatic carbocycles. The van der Waals surface area contributed by atoms with Gasteiger partial charge in [-0.2, -0.15) is 0 Å². The monoisotopic (exact) mass is 471 g/mol. The van der Waals surface area contributed by atoms with E-state index in [1.165, 1.54) is 0 Å². The molecular formula is C28H29N3O4. The van der Waals surface area contributed by atoms with E-state index in [1.807, 2.05) is 70.1 Å². The predicted molar refractivity (Wildman–Crippen MR) is 134 cm³/mol. The summed E-state index contributed by atoms with van der Waals surface area (Å²) in [5.41, 5.74) is 2.52. The number of methoxy groups -OCH3 is 1. The van der Waals surface area contributed by atoms with Crippen LogP contribution in [0.2, 0.25) is 0 Å². The standard InChI is InChI=1S/C28H29N3O4/c1-29-17-21(20-7-3-4-8-22(20)29)26(32)31-15-12-28(18-31)10-13-30(14-11-28)27(33)24-16-19-6-5-9-23(34-2)25(19)35-24/h3-9,16-17H,10-15,18H2,1-2H3. The number of ether oxygens (including phenoxy) is 1. The Balaban J connectivity index is 1.14. The van der Waals surface area contributed by atoms with E-state index in [0.29, 0.717) is 30.2 Å². The van der Waals surface area contributed by atoms with Crippen molar-refractivity contribution in [3.8, 4) is 5.75 Å². The number of likely N-dealkylation sites (tertiary alicyclic amines) is 2. The molecular weight excluding hydrogens is 442 g/mol. The first kappa shape index (κ1) is 21.8. The van der Waals surface area contributed by atoms with Gasteiger partial charge in [0.2, 0.25) is 0 Å². The van der Waals surface area contributed by atoms with Crippen LogP contribution in [0.25, 0.3) is 21.9 Å². The summed E-state index contributed by atoms with van der Waals surface area (Å²) in [6, 6.07) is 15.5. The summed E-state index contributed by atoms with van der Waals surface area (Å²) in [4.78, 5) is 30.5. The molecule has 0 saturated carbocycles. The zero-order valence-electron chi connectivity index (χ0n) is 20.1. The van der Waals surface area contributed by atoms with Gasteiger partial charge in [-0.3, -0.25) is 9.59 Å². The minimum absolute atomic E-state index is 0.0775. The van der Waals surface area contributed by atoms with Crippen LogP contribution in [0.3, 0.4) is 0 Å². The molecule has 0 N–H and O–H groups in total. The van der Waals surface area contributed by atoms with Crippen molar-refractivity contribution >= 4 is 33.7 Å². The Labute approximate surface area is 203 Å². The molecule has 180 valence electrons. The van der Waals surface area contributed by atoms with Gasteiger partial charge in [-0.25, -0.2) is 0 Å². The second-order valence-electron chi connectivity index (χ2n) is 9.93. The van der Waals surface area contributed by atoms with Gasteiger partial charge in [-0.05, 0) is 42.9 Å². The second-order valence-corrected chi connectivity index (χ2v) is 9.93. The lowest BCUT2D eigenvalue weighted by Gasteiger charge is -2.39. The molecule has 7 heteroatoms. The smallest absolute Gasteiger partial charge is 0.289 e. The van der Waals surface area contributed by atoms with Crippen molar-refractivity contribution in [3.05, 3.63) is 66.1 Å². The van der Waals surface area contributed by atoms with E-state index in [0.717, 1.165) is 54.2 Å². The first-order valence-electron chi connectivity index (χ1n) is 12.2. The maximum atomic E-state index is 13.4. The van der Waals surface area contributed by atoms with Crippen molar-refractivity contribution in [3.63, 3.8) is 0 Å².